The Kier molecular flexibility index (Phi) is 9.61. The third kappa shape index (κ3) is 6.77. The van der Waals surface area contributed by atoms with Crippen LogP contribution in [0.2, 0.25) is 0 Å². The molecule has 1 aliphatic carbocycles. The van der Waals surface area contributed by atoms with Crippen LogP contribution in [0.3, 0.4) is 0 Å². The van der Waals surface area contributed by atoms with E-state index in [9.17, 15) is 9.59 Å². The van der Waals surface area contributed by atoms with Crippen molar-refractivity contribution in [3.8, 4) is 11.1 Å². The molecule has 0 spiro atoms. The minimum atomic E-state index is -0.620. The molecule has 1 aromatic carbocycles. The first kappa shape index (κ1) is 28.8. The maximum absolute atomic E-state index is 13.5. The molecule has 1 saturated carbocycles. The van der Waals surface area contributed by atoms with Gasteiger partial charge in [0.2, 0.25) is 5.91 Å². The number of nitrogens with two attached hydrogens (primary N) is 1. The van der Waals surface area contributed by atoms with Gasteiger partial charge in [0.15, 0.2) is 0 Å². The zero-order valence-corrected chi connectivity index (χ0v) is 23.6. The van der Waals surface area contributed by atoms with Gasteiger partial charge in [-0.2, -0.15) is 0 Å². The minimum Gasteiger partial charge on any atom is -0.365 e. The maximum atomic E-state index is 13.5. The molecule has 2 amide bonds. The number of anilines is 1. The molecule has 2 aromatic rings. The molecule has 0 radical (unpaired) electrons. The second-order valence-electron chi connectivity index (χ2n) is 10.5. The quantitative estimate of drug-likeness (QED) is 0.268. The second-order valence-corrected chi connectivity index (χ2v) is 10.5. The Morgan fingerprint density at radius 1 is 1.11 bits per heavy atom. The molecule has 7 nitrogen and oxygen atoms in total. The maximum Gasteiger partial charge on any atom is 0.252 e. The van der Waals surface area contributed by atoms with Gasteiger partial charge in [-0.25, -0.2) is 0 Å². The lowest BCUT2D eigenvalue weighted by molar-refractivity contribution is -0.136. The fraction of sp³-hybridized carbons (Fsp3) is 0.419. The van der Waals surface area contributed by atoms with Crippen LogP contribution in [0.25, 0.3) is 11.1 Å². The van der Waals surface area contributed by atoms with Gasteiger partial charge >= 0.3 is 0 Å². The number of carbonyl (C=O) groups excluding carboxylic acids is 2. The zero-order valence-electron chi connectivity index (χ0n) is 23.6. The van der Waals surface area contributed by atoms with Gasteiger partial charge in [0.05, 0.1) is 11.3 Å². The van der Waals surface area contributed by atoms with Crippen LogP contribution in [-0.2, 0) is 9.59 Å². The fourth-order valence-corrected chi connectivity index (χ4v) is 4.89. The van der Waals surface area contributed by atoms with Crippen LogP contribution in [-0.4, -0.2) is 47.5 Å². The van der Waals surface area contributed by atoms with Gasteiger partial charge in [0, 0.05) is 67.2 Å². The number of primary amides is 1. The summed E-state index contributed by atoms with van der Waals surface area (Å²) >= 11 is 0. The van der Waals surface area contributed by atoms with Crippen molar-refractivity contribution in [2.75, 3.05) is 19.0 Å². The number of benzene rings is 1. The molecule has 1 aromatic heterocycles. The van der Waals surface area contributed by atoms with Crippen LogP contribution in [0.1, 0.15) is 58.9 Å². The van der Waals surface area contributed by atoms with Crippen LogP contribution >= 0.6 is 0 Å². The van der Waals surface area contributed by atoms with Crippen LogP contribution in [0.15, 0.2) is 71.8 Å². The number of carbonyl (C=O) groups is 2. The fourth-order valence-electron chi connectivity index (χ4n) is 4.89. The number of aromatic nitrogens is 1. The zero-order chi connectivity index (χ0) is 28.0. The molecule has 0 bridgehead atoms. The van der Waals surface area contributed by atoms with Gasteiger partial charge in [-0.05, 0) is 76.1 Å². The molecule has 0 atom stereocenters. The van der Waals surface area contributed by atoms with E-state index in [1.54, 1.807) is 24.3 Å². The number of rotatable bonds is 9. The molecule has 1 aliphatic rings. The number of nitrogens with zero attached hydrogens (tertiary/aromatic N) is 4. The van der Waals surface area contributed by atoms with Gasteiger partial charge in [0.25, 0.3) is 5.91 Å². The molecule has 0 unspecified atom stereocenters. The molecule has 2 N–H and O–H groups in total. The van der Waals surface area contributed by atoms with E-state index in [1.807, 2.05) is 63.2 Å². The smallest absolute Gasteiger partial charge is 0.252 e. The predicted octanol–water partition coefficient (Wildman–Crippen LogP) is 5.57. The second kappa shape index (κ2) is 12.7. The van der Waals surface area contributed by atoms with E-state index in [1.165, 1.54) is 0 Å². The van der Waals surface area contributed by atoms with E-state index in [0.29, 0.717) is 11.6 Å². The van der Waals surface area contributed by atoms with Gasteiger partial charge in [-0.1, -0.05) is 25.6 Å². The van der Waals surface area contributed by atoms with Crippen molar-refractivity contribution in [2.45, 2.75) is 59.4 Å². The summed E-state index contributed by atoms with van der Waals surface area (Å²) < 4.78 is 0. The molecule has 1 heterocycles. The van der Waals surface area contributed by atoms with E-state index in [0.717, 1.165) is 53.8 Å². The first-order valence-corrected chi connectivity index (χ1v) is 13.3. The lowest BCUT2D eigenvalue weighted by Crippen LogP contribution is -2.42. The van der Waals surface area contributed by atoms with Gasteiger partial charge in [-0.3, -0.25) is 19.6 Å². The lowest BCUT2D eigenvalue weighted by Gasteiger charge is -2.35. The van der Waals surface area contributed by atoms with E-state index < -0.39 is 5.91 Å². The summed E-state index contributed by atoms with van der Waals surface area (Å²) in [6.07, 6.45) is 9.09. The van der Waals surface area contributed by atoms with Crippen LogP contribution in [0.4, 0.5) is 5.69 Å². The lowest BCUT2D eigenvalue weighted by atomic mass is 9.82. The summed E-state index contributed by atoms with van der Waals surface area (Å²) in [7, 11) is 3.61. The monoisotopic (exact) mass is 515 g/mol. The van der Waals surface area contributed by atoms with Gasteiger partial charge < -0.3 is 15.5 Å². The first-order chi connectivity index (χ1) is 18.0. The summed E-state index contributed by atoms with van der Waals surface area (Å²) in [5.74, 6) is -0.00390. The molecule has 7 heteroatoms. The average molecular weight is 516 g/mol. The third-order valence-electron chi connectivity index (χ3n) is 7.41. The Morgan fingerprint density at radius 3 is 2.29 bits per heavy atom. The standard InChI is InChI=1S/C31H41N5O2/c1-20(2)36(31(38)25-10-8-21(3)9-11-25)23(5)29(30(32)37)19-35(7)28-14-12-24(13-15-28)27-16-26(17-34-18-27)22(4)33-6/h12-21,25H,5,8-11H2,1-4,6-7H3,(H2,32,37)/b29-19+,33-22?. The molecule has 3 rings (SSSR count). The van der Waals surface area contributed by atoms with Crippen LogP contribution < -0.4 is 10.6 Å². The number of aliphatic imine (C=N–C) groups is 1. The molecular formula is C31H41N5O2. The Morgan fingerprint density at radius 2 is 1.74 bits per heavy atom. The Balaban J connectivity index is 1.84. The average Bonchev–Trinajstić information content (AvgIpc) is 2.91. The van der Waals surface area contributed by atoms with Crippen molar-refractivity contribution in [2.24, 2.45) is 22.6 Å². The molecular weight excluding hydrogens is 474 g/mol. The minimum absolute atomic E-state index is 0.0234. The number of hydrogen-bond donors (Lipinski definition) is 1. The molecule has 202 valence electrons. The summed E-state index contributed by atoms with van der Waals surface area (Å²) in [6, 6.07) is 9.86. The molecule has 0 saturated heterocycles. The molecule has 38 heavy (non-hydrogen) atoms. The van der Waals surface area contributed by atoms with Gasteiger partial charge in [-0.15, -0.1) is 0 Å². The van der Waals surface area contributed by atoms with Crippen LogP contribution in [0.5, 0.6) is 0 Å². The summed E-state index contributed by atoms with van der Waals surface area (Å²) in [5, 5.41) is 0. The Hall–Kier alpha value is -3.74. The van der Waals surface area contributed by atoms with E-state index in [4.69, 9.17) is 5.73 Å². The van der Waals surface area contributed by atoms with Crippen molar-refractivity contribution < 1.29 is 9.59 Å². The highest BCUT2D eigenvalue weighted by Crippen LogP contribution is 2.32. The highest BCUT2D eigenvalue weighted by Gasteiger charge is 2.32. The van der Waals surface area contributed by atoms with E-state index >= 15 is 0 Å². The number of hydrogen-bond acceptors (Lipinski definition) is 5. The largest absolute Gasteiger partial charge is 0.365 e. The first-order valence-electron chi connectivity index (χ1n) is 13.3. The highest BCUT2D eigenvalue weighted by atomic mass is 16.2. The third-order valence-corrected chi connectivity index (χ3v) is 7.41. The summed E-state index contributed by atoms with van der Waals surface area (Å²) in [6.45, 7) is 12.2. The Bertz CT molecular complexity index is 1220. The van der Waals surface area contributed by atoms with Crippen molar-refractivity contribution in [1.29, 1.82) is 0 Å². The van der Waals surface area contributed by atoms with Crippen molar-refractivity contribution >= 4 is 23.2 Å². The normalized spacial score (nSPS) is 18.3. The van der Waals surface area contributed by atoms with Crippen molar-refractivity contribution in [3.63, 3.8) is 0 Å². The predicted molar refractivity (Wildman–Crippen MR) is 156 cm³/mol. The van der Waals surface area contributed by atoms with Crippen molar-refractivity contribution in [1.82, 2.24) is 9.88 Å². The van der Waals surface area contributed by atoms with Crippen molar-refractivity contribution in [3.05, 3.63) is 72.3 Å². The highest BCUT2D eigenvalue weighted by molar-refractivity contribution is 5.99. The Labute approximate surface area is 227 Å². The van der Waals surface area contributed by atoms with E-state index in [-0.39, 0.29) is 23.4 Å². The molecule has 1 fully saturated rings. The van der Waals surface area contributed by atoms with Crippen LogP contribution in [0, 0.1) is 11.8 Å². The molecule has 0 aliphatic heterocycles. The number of pyridine rings is 1. The summed E-state index contributed by atoms with van der Waals surface area (Å²) in [4.78, 5) is 38.1. The van der Waals surface area contributed by atoms with E-state index in [2.05, 4.69) is 29.5 Å². The SMILES string of the molecule is C=C(/C(=C\N(C)c1ccc(-c2cncc(C(C)=NC)c2)cc1)C(N)=O)N(C(=O)C1CCC(C)CC1)C(C)C. The topological polar surface area (TPSA) is 91.9 Å². The number of amides is 2. The van der Waals surface area contributed by atoms with Gasteiger partial charge in [0.1, 0.15) is 0 Å². The summed E-state index contributed by atoms with van der Waals surface area (Å²) in [5.41, 5.74) is 11.1.